The van der Waals surface area contributed by atoms with E-state index in [2.05, 4.69) is 16.5 Å². The molecule has 0 amide bonds. The molecular weight excluding hydrogens is 188 g/mol. The molecular formula is C12H16N2O. The fourth-order valence-corrected chi connectivity index (χ4v) is 2.66. The number of nitrogens with one attached hydrogen (secondary N) is 1. The third kappa shape index (κ3) is 1.61. The molecule has 1 fully saturated rings. The first-order valence-corrected chi connectivity index (χ1v) is 5.71. The summed E-state index contributed by atoms with van der Waals surface area (Å²) < 4.78 is 5.31. The topological polar surface area (TPSA) is 38.1 Å². The van der Waals surface area contributed by atoms with Crippen LogP contribution >= 0.6 is 0 Å². The van der Waals surface area contributed by atoms with Crippen LogP contribution in [0.5, 0.6) is 0 Å². The van der Waals surface area contributed by atoms with E-state index in [4.69, 9.17) is 4.52 Å². The monoisotopic (exact) mass is 204 g/mol. The molecule has 0 unspecified atom stereocenters. The van der Waals surface area contributed by atoms with E-state index in [9.17, 15) is 0 Å². The summed E-state index contributed by atoms with van der Waals surface area (Å²) >= 11 is 0. The number of allylic oxidation sites excluding steroid dienone is 1. The average Bonchev–Trinajstić information content (AvgIpc) is 2.84. The van der Waals surface area contributed by atoms with Gasteiger partial charge < -0.3 is 9.84 Å². The van der Waals surface area contributed by atoms with Crippen LogP contribution in [-0.4, -0.2) is 17.7 Å². The second-order valence-corrected chi connectivity index (χ2v) is 4.59. The van der Waals surface area contributed by atoms with Gasteiger partial charge in [-0.3, -0.25) is 0 Å². The molecule has 3 nitrogen and oxygen atoms in total. The van der Waals surface area contributed by atoms with Gasteiger partial charge in [0.15, 0.2) is 5.76 Å². The highest BCUT2D eigenvalue weighted by atomic mass is 16.5. The smallest absolute Gasteiger partial charge is 0.162 e. The molecule has 1 aliphatic heterocycles. The summed E-state index contributed by atoms with van der Waals surface area (Å²) in [6.45, 7) is 3.13. The van der Waals surface area contributed by atoms with E-state index in [0.717, 1.165) is 30.3 Å². The number of nitrogens with zero attached hydrogens (tertiary/aromatic N) is 1. The number of hydrogen-bond donors (Lipinski definition) is 1. The molecule has 2 aliphatic rings. The lowest BCUT2D eigenvalue weighted by Gasteiger charge is -2.22. The predicted octanol–water partition coefficient (Wildman–Crippen LogP) is 2.14. The van der Waals surface area contributed by atoms with Crippen molar-refractivity contribution in [2.24, 2.45) is 5.92 Å². The molecule has 0 aromatic carbocycles. The molecule has 80 valence electrons. The van der Waals surface area contributed by atoms with Crippen molar-refractivity contribution in [1.29, 1.82) is 0 Å². The van der Waals surface area contributed by atoms with Gasteiger partial charge in [-0.2, -0.15) is 0 Å². The summed E-state index contributed by atoms with van der Waals surface area (Å²) in [6.07, 6.45) is 6.08. The maximum absolute atomic E-state index is 5.31. The van der Waals surface area contributed by atoms with Crippen LogP contribution in [0.15, 0.2) is 16.7 Å². The van der Waals surface area contributed by atoms with Gasteiger partial charge in [0, 0.05) is 12.1 Å². The highest BCUT2D eigenvalue weighted by molar-refractivity contribution is 5.63. The van der Waals surface area contributed by atoms with E-state index in [1.165, 1.54) is 18.4 Å². The van der Waals surface area contributed by atoms with E-state index in [1.807, 2.05) is 13.0 Å². The molecule has 1 N–H and O–H groups in total. The van der Waals surface area contributed by atoms with Crippen molar-refractivity contribution in [3.05, 3.63) is 23.6 Å². The summed E-state index contributed by atoms with van der Waals surface area (Å²) in [4.78, 5) is 0. The Morgan fingerprint density at radius 1 is 1.47 bits per heavy atom. The third-order valence-electron chi connectivity index (χ3n) is 3.51. The minimum absolute atomic E-state index is 0.569. The van der Waals surface area contributed by atoms with Crippen LogP contribution < -0.4 is 5.32 Å². The quantitative estimate of drug-likeness (QED) is 0.761. The number of hydrogen-bond acceptors (Lipinski definition) is 3. The molecule has 3 heteroatoms. The van der Waals surface area contributed by atoms with Gasteiger partial charge in [-0.25, -0.2) is 0 Å². The standard InChI is InChI=1S/C12H16N2O/c1-8-6-12(15-14-8)10-3-2-9-4-5-13-11(9)7-10/h6-7,9,11,13H,2-5H2,1H3/t9-,11-/m1/s1. The van der Waals surface area contributed by atoms with Gasteiger partial charge in [0.05, 0.1) is 5.69 Å². The number of fused-ring (bicyclic) bond motifs is 1. The van der Waals surface area contributed by atoms with E-state index < -0.39 is 0 Å². The van der Waals surface area contributed by atoms with Crippen LogP contribution in [-0.2, 0) is 0 Å². The van der Waals surface area contributed by atoms with E-state index in [-0.39, 0.29) is 0 Å². The summed E-state index contributed by atoms with van der Waals surface area (Å²) in [5.41, 5.74) is 2.29. The van der Waals surface area contributed by atoms with E-state index in [1.54, 1.807) is 0 Å². The minimum Gasteiger partial charge on any atom is -0.356 e. The average molecular weight is 204 g/mol. The lowest BCUT2D eigenvalue weighted by Crippen LogP contribution is -2.27. The Balaban J connectivity index is 1.88. The zero-order valence-electron chi connectivity index (χ0n) is 8.99. The van der Waals surface area contributed by atoms with Crippen molar-refractivity contribution in [1.82, 2.24) is 10.5 Å². The van der Waals surface area contributed by atoms with Gasteiger partial charge in [-0.15, -0.1) is 0 Å². The van der Waals surface area contributed by atoms with Gasteiger partial charge in [0.2, 0.25) is 0 Å². The largest absolute Gasteiger partial charge is 0.356 e. The first kappa shape index (κ1) is 9.16. The second kappa shape index (κ2) is 3.49. The molecule has 1 aromatic heterocycles. The lowest BCUT2D eigenvalue weighted by atomic mass is 9.85. The fraction of sp³-hybridized carbons (Fsp3) is 0.583. The highest BCUT2D eigenvalue weighted by Crippen LogP contribution is 2.34. The van der Waals surface area contributed by atoms with Gasteiger partial charge in [0.25, 0.3) is 0 Å². The van der Waals surface area contributed by atoms with Gasteiger partial charge in [-0.1, -0.05) is 11.2 Å². The molecule has 1 aliphatic carbocycles. The summed E-state index contributed by atoms with van der Waals surface area (Å²) in [7, 11) is 0. The molecule has 2 atom stereocenters. The third-order valence-corrected chi connectivity index (χ3v) is 3.51. The van der Waals surface area contributed by atoms with E-state index in [0.29, 0.717) is 6.04 Å². The molecule has 1 saturated heterocycles. The van der Waals surface area contributed by atoms with Crippen molar-refractivity contribution >= 4 is 5.57 Å². The maximum Gasteiger partial charge on any atom is 0.162 e. The Labute approximate surface area is 89.5 Å². The summed E-state index contributed by atoms with van der Waals surface area (Å²) in [6, 6.07) is 2.60. The zero-order chi connectivity index (χ0) is 10.3. The predicted molar refractivity (Wildman–Crippen MR) is 58.3 cm³/mol. The lowest BCUT2D eigenvalue weighted by molar-refractivity contribution is 0.397. The Morgan fingerprint density at radius 3 is 3.20 bits per heavy atom. The van der Waals surface area contributed by atoms with Crippen LogP contribution in [0.25, 0.3) is 5.57 Å². The molecule has 3 rings (SSSR count). The van der Waals surface area contributed by atoms with Crippen LogP contribution in [0.3, 0.4) is 0 Å². The number of aromatic nitrogens is 1. The summed E-state index contributed by atoms with van der Waals surface area (Å²) in [5.74, 6) is 1.80. The highest BCUT2D eigenvalue weighted by Gasteiger charge is 2.29. The normalized spacial score (nSPS) is 30.1. The SMILES string of the molecule is Cc1cc(C2=C[C@H]3NCC[C@H]3CC2)on1. The first-order chi connectivity index (χ1) is 7.33. The van der Waals surface area contributed by atoms with Crippen LogP contribution in [0, 0.1) is 12.8 Å². The summed E-state index contributed by atoms with van der Waals surface area (Å²) in [5, 5.41) is 7.47. The van der Waals surface area contributed by atoms with Crippen LogP contribution in [0.1, 0.15) is 30.7 Å². The van der Waals surface area contributed by atoms with Crippen LogP contribution in [0.4, 0.5) is 0 Å². The Hall–Kier alpha value is -1.09. The van der Waals surface area contributed by atoms with Gasteiger partial charge in [0.1, 0.15) is 0 Å². The molecule has 2 heterocycles. The Bertz CT molecular complexity index is 394. The van der Waals surface area contributed by atoms with Crippen LogP contribution in [0.2, 0.25) is 0 Å². The van der Waals surface area contributed by atoms with Crippen molar-refractivity contribution < 1.29 is 4.52 Å². The molecule has 0 saturated carbocycles. The molecule has 15 heavy (non-hydrogen) atoms. The van der Waals surface area contributed by atoms with Crippen molar-refractivity contribution in [3.63, 3.8) is 0 Å². The first-order valence-electron chi connectivity index (χ1n) is 5.71. The Kier molecular flexibility index (Phi) is 2.13. The molecule has 0 radical (unpaired) electrons. The minimum atomic E-state index is 0.569. The zero-order valence-corrected chi connectivity index (χ0v) is 8.99. The number of rotatable bonds is 1. The second-order valence-electron chi connectivity index (χ2n) is 4.59. The fourth-order valence-electron chi connectivity index (χ4n) is 2.66. The number of aryl methyl sites for hydroxylation is 1. The van der Waals surface area contributed by atoms with Gasteiger partial charge >= 0.3 is 0 Å². The van der Waals surface area contributed by atoms with Crippen molar-refractivity contribution in [2.45, 2.75) is 32.2 Å². The molecule has 0 spiro atoms. The van der Waals surface area contributed by atoms with Crippen molar-refractivity contribution in [3.8, 4) is 0 Å². The molecule has 0 bridgehead atoms. The van der Waals surface area contributed by atoms with Crippen molar-refractivity contribution in [2.75, 3.05) is 6.54 Å². The van der Waals surface area contributed by atoms with Gasteiger partial charge in [-0.05, 0) is 44.2 Å². The van der Waals surface area contributed by atoms with E-state index >= 15 is 0 Å². The maximum atomic E-state index is 5.31. The Morgan fingerprint density at radius 2 is 2.40 bits per heavy atom. The molecule has 1 aromatic rings.